The standard InChI is InChI=1S/C13H13ClN2O2S2/c14-10-4-1-2-6-12(10)20(17,18)16-8-3-5-11(16)13-15-7-9-19-13/h1-2,4,6-7,9,11H,3,5,8H2. The van der Waals surface area contributed by atoms with Gasteiger partial charge in [0.2, 0.25) is 10.0 Å². The van der Waals surface area contributed by atoms with Crippen molar-refractivity contribution in [1.29, 1.82) is 0 Å². The minimum atomic E-state index is -3.58. The maximum absolute atomic E-state index is 12.8. The van der Waals surface area contributed by atoms with Gasteiger partial charge in [0, 0.05) is 18.1 Å². The quantitative estimate of drug-likeness (QED) is 0.868. The van der Waals surface area contributed by atoms with Crippen LogP contribution in [0.5, 0.6) is 0 Å². The fraction of sp³-hybridized carbons (Fsp3) is 0.308. The van der Waals surface area contributed by atoms with Crippen molar-refractivity contribution in [2.45, 2.75) is 23.8 Å². The molecule has 1 unspecified atom stereocenters. The van der Waals surface area contributed by atoms with E-state index >= 15 is 0 Å². The summed E-state index contributed by atoms with van der Waals surface area (Å²) in [6.45, 7) is 0.512. The van der Waals surface area contributed by atoms with E-state index in [0.29, 0.717) is 6.54 Å². The zero-order valence-electron chi connectivity index (χ0n) is 10.6. The third-order valence-electron chi connectivity index (χ3n) is 3.36. The molecular formula is C13H13ClN2O2S2. The second-order valence-electron chi connectivity index (χ2n) is 4.57. The lowest BCUT2D eigenvalue weighted by atomic mass is 10.2. The molecule has 7 heteroatoms. The highest BCUT2D eigenvalue weighted by atomic mass is 35.5. The van der Waals surface area contributed by atoms with Crippen molar-refractivity contribution >= 4 is 33.0 Å². The van der Waals surface area contributed by atoms with Gasteiger partial charge in [-0.05, 0) is 25.0 Å². The van der Waals surface area contributed by atoms with E-state index in [9.17, 15) is 8.42 Å². The van der Waals surface area contributed by atoms with Crippen LogP contribution < -0.4 is 0 Å². The molecule has 1 aromatic heterocycles. The van der Waals surface area contributed by atoms with Crippen molar-refractivity contribution in [1.82, 2.24) is 9.29 Å². The zero-order valence-corrected chi connectivity index (χ0v) is 13.0. The van der Waals surface area contributed by atoms with Gasteiger partial charge in [-0.3, -0.25) is 0 Å². The van der Waals surface area contributed by atoms with E-state index in [1.807, 2.05) is 5.38 Å². The number of halogens is 1. The van der Waals surface area contributed by atoms with Crippen LogP contribution in [0.1, 0.15) is 23.9 Å². The Kier molecular flexibility index (Phi) is 3.81. The maximum Gasteiger partial charge on any atom is 0.245 e. The number of benzene rings is 1. The SMILES string of the molecule is O=S(=O)(c1ccccc1Cl)N1CCCC1c1nccs1. The summed E-state index contributed by atoms with van der Waals surface area (Å²) in [4.78, 5) is 4.43. The van der Waals surface area contributed by atoms with E-state index in [2.05, 4.69) is 4.98 Å². The maximum atomic E-state index is 12.8. The molecular weight excluding hydrogens is 316 g/mol. The van der Waals surface area contributed by atoms with E-state index in [-0.39, 0.29) is 16.0 Å². The summed E-state index contributed by atoms with van der Waals surface area (Å²) in [5, 5.41) is 2.98. The first-order valence-electron chi connectivity index (χ1n) is 6.26. The molecule has 0 bridgehead atoms. The van der Waals surface area contributed by atoms with Crippen LogP contribution >= 0.6 is 22.9 Å². The van der Waals surface area contributed by atoms with E-state index in [0.717, 1.165) is 17.8 Å². The Hall–Kier alpha value is -0.950. The van der Waals surface area contributed by atoms with Gasteiger partial charge in [-0.2, -0.15) is 4.31 Å². The lowest BCUT2D eigenvalue weighted by Crippen LogP contribution is -2.30. The predicted molar refractivity (Wildman–Crippen MR) is 79.4 cm³/mol. The van der Waals surface area contributed by atoms with Crippen LogP contribution in [0.2, 0.25) is 5.02 Å². The molecule has 0 saturated carbocycles. The van der Waals surface area contributed by atoms with Crippen molar-refractivity contribution in [3.63, 3.8) is 0 Å². The molecule has 4 nitrogen and oxygen atoms in total. The van der Waals surface area contributed by atoms with Crippen molar-refractivity contribution in [3.8, 4) is 0 Å². The number of thiazole rings is 1. The Balaban J connectivity index is 2.01. The summed E-state index contributed by atoms with van der Waals surface area (Å²) >= 11 is 7.53. The monoisotopic (exact) mass is 328 g/mol. The van der Waals surface area contributed by atoms with Crippen molar-refractivity contribution in [3.05, 3.63) is 45.9 Å². The Labute approximate surface area is 127 Å². The lowest BCUT2D eigenvalue weighted by Gasteiger charge is -2.23. The fourth-order valence-corrected chi connectivity index (χ4v) is 5.46. The van der Waals surface area contributed by atoms with E-state index in [1.165, 1.54) is 15.6 Å². The smallest absolute Gasteiger partial charge is 0.245 e. The number of hydrogen-bond donors (Lipinski definition) is 0. The van der Waals surface area contributed by atoms with E-state index in [1.54, 1.807) is 30.5 Å². The minimum absolute atomic E-state index is 0.170. The van der Waals surface area contributed by atoms with Gasteiger partial charge < -0.3 is 0 Å². The molecule has 1 atom stereocenters. The third kappa shape index (κ3) is 2.37. The molecule has 0 spiro atoms. The highest BCUT2D eigenvalue weighted by molar-refractivity contribution is 7.89. The average molecular weight is 329 g/mol. The first kappa shape index (κ1) is 14.0. The zero-order chi connectivity index (χ0) is 14.2. The van der Waals surface area contributed by atoms with Gasteiger partial charge in [0.1, 0.15) is 9.90 Å². The van der Waals surface area contributed by atoms with Crippen LogP contribution in [0, 0.1) is 0 Å². The average Bonchev–Trinajstić information content (AvgIpc) is 3.10. The van der Waals surface area contributed by atoms with Gasteiger partial charge in [0.05, 0.1) is 11.1 Å². The molecule has 0 radical (unpaired) electrons. The molecule has 3 rings (SSSR count). The number of hydrogen-bond acceptors (Lipinski definition) is 4. The van der Waals surface area contributed by atoms with Crippen LogP contribution in [0.3, 0.4) is 0 Å². The van der Waals surface area contributed by atoms with Gasteiger partial charge in [-0.15, -0.1) is 11.3 Å². The van der Waals surface area contributed by atoms with Crippen molar-refractivity contribution in [2.75, 3.05) is 6.54 Å². The summed E-state index contributed by atoms with van der Waals surface area (Å²) in [6, 6.07) is 6.39. The number of rotatable bonds is 3. The van der Waals surface area contributed by atoms with Crippen LogP contribution in [-0.2, 0) is 10.0 Å². The van der Waals surface area contributed by atoms with E-state index < -0.39 is 10.0 Å². The molecule has 1 saturated heterocycles. The van der Waals surface area contributed by atoms with Crippen molar-refractivity contribution < 1.29 is 8.42 Å². The molecule has 106 valence electrons. The van der Waals surface area contributed by atoms with E-state index in [4.69, 9.17) is 11.6 Å². The molecule has 2 heterocycles. The summed E-state index contributed by atoms with van der Waals surface area (Å²) in [7, 11) is -3.58. The van der Waals surface area contributed by atoms with Gasteiger partial charge in [-0.1, -0.05) is 23.7 Å². The summed E-state index contributed by atoms with van der Waals surface area (Å²) in [5.41, 5.74) is 0. The highest BCUT2D eigenvalue weighted by Crippen LogP contribution is 2.38. The summed E-state index contributed by atoms with van der Waals surface area (Å²) < 4.78 is 27.1. The molecule has 0 amide bonds. The van der Waals surface area contributed by atoms with Gasteiger partial charge in [0.15, 0.2) is 0 Å². The number of sulfonamides is 1. The topological polar surface area (TPSA) is 50.3 Å². The van der Waals surface area contributed by atoms with Crippen LogP contribution in [0.4, 0.5) is 0 Å². The molecule has 1 aliphatic heterocycles. The second-order valence-corrected chi connectivity index (χ2v) is 7.77. The van der Waals surface area contributed by atoms with Crippen LogP contribution in [0.25, 0.3) is 0 Å². The van der Waals surface area contributed by atoms with Gasteiger partial charge in [0.25, 0.3) is 0 Å². The van der Waals surface area contributed by atoms with Crippen molar-refractivity contribution in [2.24, 2.45) is 0 Å². The lowest BCUT2D eigenvalue weighted by molar-refractivity contribution is 0.396. The van der Waals surface area contributed by atoms with Crippen LogP contribution in [0.15, 0.2) is 40.7 Å². The molecule has 0 N–H and O–H groups in total. The van der Waals surface area contributed by atoms with Gasteiger partial charge in [-0.25, -0.2) is 13.4 Å². The minimum Gasteiger partial charge on any atom is -0.248 e. The Morgan fingerprint density at radius 3 is 2.85 bits per heavy atom. The van der Waals surface area contributed by atoms with Crippen LogP contribution in [-0.4, -0.2) is 24.3 Å². The molecule has 2 aromatic rings. The first-order chi connectivity index (χ1) is 9.60. The summed E-state index contributed by atoms with van der Waals surface area (Å²) in [5.74, 6) is 0. The highest BCUT2D eigenvalue weighted by Gasteiger charge is 2.38. The molecule has 1 aromatic carbocycles. The molecule has 20 heavy (non-hydrogen) atoms. The second kappa shape index (κ2) is 5.44. The Morgan fingerprint density at radius 2 is 2.15 bits per heavy atom. The normalized spacial score (nSPS) is 20.4. The first-order valence-corrected chi connectivity index (χ1v) is 8.96. The molecule has 0 aliphatic carbocycles. The Morgan fingerprint density at radius 1 is 1.35 bits per heavy atom. The molecule has 1 fully saturated rings. The van der Waals surface area contributed by atoms with Gasteiger partial charge >= 0.3 is 0 Å². The Bertz CT molecular complexity index is 701. The predicted octanol–water partition coefficient (Wildman–Crippen LogP) is 3.32. The largest absolute Gasteiger partial charge is 0.248 e. The fourth-order valence-electron chi connectivity index (χ4n) is 2.45. The third-order valence-corrected chi connectivity index (χ3v) is 6.65. The number of aromatic nitrogens is 1. The number of nitrogens with zero attached hydrogens (tertiary/aromatic N) is 2. The summed E-state index contributed by atoms with van der Waals surface area (Å²) in [6.07, 6.45) is 3.35. The molecule has 1 aliphatic rings.